The summed E-state index contributed by atoms with van der Waals surface area (Å²) in [7, 11) is 1.66. The fourth-order valence-electron chi connectivity index (χ4n) is 4.90. The number of ether oxygens (including phenoxy) is 1. The van der Waals surface area contributed by atoms with Gasteiger partial charge in [-0.2, -0.15) is 13.2 Å². The van der Waals surface area contributed by atoms with Crippen molar-refractivity contribution in [1.29, 1.82) is 0 Å². The van der Waals surface area contributed by atoms with E-state index in [0.717, 1.165) is 63.3 Å². The minimum absolute atomic E-state index is 0.0115. The lowest BCUT2D eigenvalue weighted by atomic mass is 10.0. The van der Waals surface area contributed by atoms with Gasteiger partial charge in [0, 0.05) is 49.5 Å². The number of carbonyl (C=O) groups excluding carboxylic acids is 2. The Morgan fingerprint density at radius 2 is 1.75 bits per heavy atom. The fraction of sp³-hybridized carbons (Fsp3) is 0.462. The highest BCUT2D eigenvalue weighted by molar-refractivity contribution is 5.96. The predicted octanol–water partition coefficient (Wildman–Crippen LogP) is 3.30. The molecule has 2 heterocycles. The van der Waals surface area contributed by atoms with Gasteiger partial charge in [-0.15, -0.1) is 0 Å². The van der Waals surface area contributed by atoms with Crippen LogP contribution in [0, 0.1) is 0 Å². The van der Waals surface area contributed by atoms with Crippen LogP contribution in [0.15, 0.2) is 48.5 Å². The third-order valence-electron chi connectivity index (χ3n) is 6.86. The van der Waals surface area contributed by atoms with E-state index in [-0.39, 0.29) is 24.1 Å². The number of amides is 2. The van der Waals surface area contributed by atoms with Gasteiger partial charge in [0.15, 0.2) is 0 Å². The van der Waals surface area contributed by atoms with E-state index in [2.05, 4.69) is 32.6 Å². The second-order valence-electron chi connectivity index (χ2n) is 9.23. The molecule has 2 saturated heterocycles. The predicted molar refractivity (Wildman–Crippen MR) is 130 cm³/mol. The van der Waals surface area contributed by atoms with Crippen molar-refractivity contribution in [2.24, 2.45) is 0 Å². The van der Waals surface area contributed by atoms with Gasteiger partial charge in [-0.05, 0) is 61.7 Å². The van der Waals surface area contributed by atoms with E-state index in [1.54, 1.807) is 7.11 Å². The number of piperidine rings is 1. The Labute approximate surface area is 208 Å². The molecule has 2 aromatic carbocycles. The van der Waals surface area contributed by atoms with E-state index in [9.17, 15) is 22.8 Å². The maximum absolute atomic E-state index is 12.9. The van der Waals surface area contributed by atoms with E-state index in [1.165, 1.54) is 17.8 Å². The van der Waals surface area contributed by atoms with Crippen LogP contribution in [0.25, 0.3) is 0 Å². The minimum Gasteiger partial charge on any atom is -0.497 e. The summed E-state index contributed by atoms with van der Waals surface area (Å²) in [6.45, 7) is 3.29. The SMILES string of the molecule is COc1ccc(N2CCC(N3CC[C@@H](NC(=O)CNC(=O)c4cccc(C(F)(F)F)c4)C3)CC2)cc1. The summed E-state index contributed by atoms with van der Waals surface area (Å²) in [5.41, 5.74) is 0.152. The van der Waals surface area contributed by atoms with Crippen molar-refractivity contribution in [2.45, 2.75) is 37.5 Å². The molecule has 2 amide bonds. The molecule has 0 aromatic heterocycles. The largest absolute Gasteiger partial charge is 0.497 e. The van der Waals surface area contributed by atoms with Crippen molar-refractivity contribution in [3.8, 4) is 5.75 Å². The van der Waals surface area contributed by atoms with E-state index < -0.39 is 17.6 Å². The zero-order valence-electron chi connectivity index (χ0n) is 20.2. The molecule has 0 saturated carbocycles. The number of alkyl halides is 3. The maximum Gasteiger partial charge on any atom is 0.416 e. The highest BCUT2D eigenvalue weighted by Gasteiger charge is 2.32. The molecule has 10 heteroatoms. The van der Waals surface area contributed by atoms with Crippen LogP contribution in [0.3, 0.4) is 0 Å². The zero-order chi connectivity index (χ0) is 25.7. The minimum atomic E-state index is -4.53. The first-order valence-corrected chi connectivity index (χ1v) is 12.1. The molecule has 194 valence electrons. The van der Waals surface area contributed by atoms with Gasteiger partial charge in [0.2, 0.25) is 5.91 Å². The number of likely N-dealkylation sites (tertiary alicyclic amines) is 1. The average Bonchev–Trinajstić information content (AvgIpc) is 3.35. The number of hydrogen-bond acceptors (Lipinski definition) is 5. The van der Waals surface area contributed by atoms with Crippen LogP contribution in [0.4, 0.5) is 18.9 Å². The number of halogens is 3. The highest BCUT2D eigenvalue weighted by Crippen LogP contribution is 2.29. The summed E-state index contributed by atoms with van der Waals surface area (Å²) >= 11 is 0. The van der Waals surface area contributed by atoms with Crippen molar-refractivity contribution in [3.63, 3.8) is 0 Å². The van der Waals surface area contributed by atoms with Gasteiger partial charge in [-0.25, -0.2) is 0 Å². The van der Waals surface area contributed by atoms with Crippen LogP contribution in [0.1, 0.15) is 35.2 Å². The normalized spacial score (nSPS) is 19.2. The van der Waals surface area contributed by atoms with Crippen molar-refractivity contribution in [3.05, 3.63) is 59.7 Å². The molecule has 2 aliphatic heterocycles. The van der Waals surface area contributed by atoms with Crippen LogP contribution in [-0.4, -0.2) is 68.6 Å². The zero-order valence-corrected chi connectivity index (χ0v) is 20.2. The number of anilines is 1. The Hall–Kier alpha value is -3.27. The Kier molecular flexibility index (Phi) is 8.03. The number of methoxy groups -OCH3 is 1. The summed E-state index contributed by atoms with van der Waals surface area (Å²) in [4.78, 5) is 29.3. The van der Waals surface area contributed by atoms with Gasteiger partial charge in [0.25, 0.3) is 5.91 Å². The Bertz CT molecular complexity index is 1050. The van der Waals surface area contributed by atoms with Gasteiger partial charge < -0.3 is 20.3 Å². The van der Waals surface area contributed by atoms with Crippen molar-refractivity contribution < 1.29 is 27.5 Å². The first-order valence-electron chi connectivity index (χ1n) is 12.1. The van der Waals surface area contributed by atoms with Crippen molar-refractivity contribution in [1.82, 2.24) is 15.5 Å². The number of nitrogens with zero attached hydrogens (tertiary/aromatic N) is 2. The van der Waals surface area contributed by atoms with Gasteiger partial charge >= 0.3 is 6.18 Å². The average molecular weight is 505 g/mol. The van der Waals surface area contributed by atoms with Crippen molar-refractivity contribution in [2.75, 3.05) is 44.7 Å². The fourth-order valence-corrected chi connectivity index (χ4v) is 4.90. The van der Waals surface area contributed by atoms with Crippen molar-refractivity contribution >= 4 is 17.5 Å². The number of carbonyl (C=O) groups is 2. The topological polar surface area (TPSA) is 73.9 Å². The Morgan fingerprint density at radius 3 is 2.42 bits per heavy atom. The third kappa shape index (κ3) is 6.48. The third-order valence-corrected chi connectivity index (χ3v) is 6.86. The molecule has 36 heavy (non-hydrogen) atoms. The summed E-state index contributed by atoms with van der Waals surface area (Å²) < 4.78 is 43.8. The Balaban J connectivity index is 1.19. The maximum atomic E-state index is 12.9. The molecule has 2 fully saturated rings. The van der Waals surface area contributed by atoms with Crippen LogP contribution in [-0.2, 0) is 11.0 Å². The monoisotopic (exact) mass is 504 g/mol. The molecule has 0 spiro atoms. The second-order valence-corrected chi connectivity index (χ2v) is 9.23. The van der Waals surface area contributed by atoms with Crippen LogP contribution in [0.2, 0.25) is 0 Å². The van der Waals surface area contributed by atoms with E-state index in [0.29, 0.717) is 6.04 Å². The molecule has 2 aromatic rings. The molecule has 0 aliphatic carbocycles. The number of nitrogens with one attached hydrogen (secondary N) is 2. The van der Waals surface area contributed by atoms with E-state index in [4.69, 9.17) is 4.74 Å². The number of rotatable bonds is 7. The second kappa shape index (κ2) is 11.2. The van der Waals surface area contributed by atoms with Gasteiger partial charge in [-0.1, -0.05) is 6.07 Å². The lowest BCUT2D eigenvalue weighted by Gasteiger charge is -2.38. The van der Waals surface area contributed by atoms with Crippen LogP contribution in [0.5, 0.6) is 5.75 Å². The molecule has 7 nitrogen and oxygen atoms in total. The molecule has 1 atom stereocenters. The lowest BCUT2D eigenvalue weighted by Crippen LogP contribution is -2.46. The molecule has 0 unspecified atom stereocenters. The summed E-state index contributed by atoms with van der Waals surface area (Å²) in [6.07, 6.45) is -1.63. The highest BCUT2D eigenvalue weighted by atomic mass is 19.4. The molecule has 0 bridgehead atoms. The van der Waals surface area contributed by atoms with Gasteiger partial charge in [0.05, 0.1) is 19.2 Å². The van der Waals surface area contributed by atoms with E-state index >= 15 is 0 Å². The van der Waals surface area contributed by atoms with E-state index in [1.807, 2.05) is 12.1 Å². The summed E-state index contributed by atoms with van der Waals surface area (Å²) in [5, 5.41) is 5.35. The van der Waals surface area contributed by atoms with Gasteiger partial charge in [-0.3, -0.25) is 14.5 Å². The van der Waals surface area contributed by atoms with Crippen LogP contribution < -0.4 is 20.3 Å². The summed E-state index contributed by atoms with van der Waals surface area (Å²) in [5.74, 6) is -0.224. The first kappa shape index (κ1) is 25.8. The smallest absolute Gasteiger partial charge is 0.416 e. The summed E-state index contributed by atoms with van der Waals surface area (Å²) in [6, 6.07) is 12.7. The lowest BCUT2D eigenvalue weighted by molar-refractivity contribution is -0.137. The molecular formula is C26H31F3N4O3. The Morgan fingerprint density at radius 1 is 1.03 bits per heavy atom. The quantitative estimate of drug-likeness (QED) is 0.606. The number of benzene rings is 2. The molecule has 0 radical (unpaired) electrons. The first-order chi connectivity index (χ1) is 17.2. The van der Waals surface area contributed by atoms with Gasteiger partial charge in [0.1, 0.15) is 5.75 Å². The molecular weight excluding hydrogens is 473 g/mol. The standard InChI is InChI=1S/C26H31F3N4O3/c1-36-23-7-5-21(6-8-23)32-13-10-22(11-14-32)33-12-9-20(17-33)31-24(34)16-30-25(35)18-3-2-4-19(15-18)26(27,28)29/h2-8,15,20,22H,9-14,16-17H2,1H3,(H,30,35)(H,31,34)/t20-/m1/s1. The molecule has 4 rings (SSSR count). The number of hydrogen-bond donors (Lipinski definition) is 2. The van der Waals surface area contributed by atoms with Crippen LogP contribution >= 0.6 is 0 Å². The molecule has 2 aliphatic rings. The molecule has 2 N–H and O–H groups in total.